The lowest BCUT2D eigenvalue weighted by molar-refractivity contribution is 0.0264. The maximum absolute atomic E-state index is 5.71. The van der Waals surface area contributed by atoms with Gasteiger partial charge in [0.25, 0.3) is 0 Å². The van der Waals surface area contributed by atoms with Crippen LogP contribution in [0.1, 0.15) is 42.3 Å². The Labute approximate surface area is 144 Å². The van der Waals surface area contributed by atoms with Gasteiger partial charge in [0.15, 0.2) is 5.96 Å². The molecule has 2 rings (SSSR count). The normalized spacial score (nSPS) is 16.9. The molecule has 0 spiro atoms. The van der Waals surface area contributed by atoms with Gasteiger partial charge in [-0.15, -0.1) is 11.3 Å². The number of nitrogens with zero attached hydrogens (tertiary/aromatic N) is 3. The summed E-state index contributed by atoms with van der Waals surface area (Å²) in [5.41, 5.74) is 1.24. The highest BCUT2D eigenvalue weighted by Gasteiger charge is 2.21. The summed E-state index contributed by atoms with van der Waals surface area (Å²) in [7, 11) is 1.86. The summed E-state index contributed by atoms with van der Waals surface area (Å²) in [5.74, 6) is 1.00. The number of nitrogens with one attached hydrogen (secondary N) is 1. The van der Waals surface area contributed by atoms with Crippen LogP contribution in [0.2, 0.25) is 0 Å². The third-order valence-electron chi connectivity index (χ3n) is 4.25. The van der Waals surface area contributed by atoms with Crippen LogP contribution in [0.25, 0.3) is 0 Å². The molecule has 1 saturated heterocycles. The van der Waals surface area contributed by atoms with Gasteiger partial charge in [-0.05, 0) is 33.1 Å². The fourth-order valence-electron chi connectivity index (χ4n) is 3.01. The third-order valence-corrected chi connectivity index (χ3v) is 5.32. The standard InChI is InChI=1S/C17H30N4OS/c1-5-15-13(3)23-16(20-15)7-10-19-17(18-4)21-11-8-14(9-12-21)22-6-2/h14H,5-12H2,1-4H3,(H,18,19). The number of aryl methyl sites for hydroxylation is 2. The summed E-state index contributed by atoms with van der Waals surface area (Å²) in [6, 6.07) is 0. The van der Waals surface area contributed by atoms with Crippen molar-refractivity contribution in [1.82, 2.24) is 15.2 Å². The number of rotatable bonds is 6. The van der Waals surface area contributed by atoms with Crippen LogP contribution in [0.4, 0.5) is 0 Å². The van der Waals surface area contributed by atoms with Crippen LogP contribution >= 0.6 is 11.3 Å². The fraction of sp³-hybridized carbons (Fsp3) is 0.765. The Balaban J connectivity index is 1.77. The predicted molar refractivity (Wildman–Crippen MR) is 97.5 cm³/mol. The monoisotopic (exact) mass is 338 g/mol. The number of thiazole rings is 1. The number of aromatic nitrogens is 1. The Bertz CT molecular complexity index is 507. The second-order valence-electron chi connectivity index (χ2n) is 5.83. The van der Waals surface area contributed by atoms with Crippen molar-refractivity contribution in [2.45, 2.75) is 52.6 Å². The van der Waals surface area contributed by atoms with Crippen LogP contribution in [0, 0.1) is 6.92 Å². The number of ether oxygens (including phenoxy) is 1. The van der Waals surface area contributed by atoms with E-state index in [1.54, 1.807) is 0 Å². The van der Waals surface area contributed by atoms with Gasteiger partial charge in [0, 0.05) is 44.6 Å². The fourth-order valence-corrected chi connectivity index (χ4v) is 4.03. The topological polar surface area (TPSA) is 49.8 Å². The van der Waals surface area contributed by atoms with E-state index in [1.165, 1.54) is 15.6 Å². The predicted octanol–water partition coefficient (Wildman–Crippen LogP) is 2.63. The zero-order chi connectivity index (χ0) is 16.7. The first kappa shape index (κ1) is 18.2. The molecule has 0 atom stereocenters. The van der Waals surface area contributed by atoms with Gasteiger partial charge in [-0.25, -0.2) is 4.98 Å². The van der Waals surface area contributed by atoms with Gasteiger partial charge in [-0.3, -0.25) is 4.99 Å². The smallest absolute Gasteiger partial charge is 0.193 e. The molecule has 0 amide bonds. The minimum Gasteiger partial charge on any atom is -0.378 e. The van der Waals surface area contributed by atoms with E-state index in [2.05, 4.69) is 36.0 Å². The van der Waals surface area contributed by atoms with E-state index >= 15 is 0 Å². The van der Waals surface area contributed by atoms with Gasteiger partial charge in [-0.2, -0.15) is 0 Å². The highest BCUT2D eigenvalue weighted by Crippen LogP contribution is 2.18. The Morgan fingerprint density at radius 1 is 1.39 bits per heavy atom. The largest absolute Gasteiger partial charge is 0.378 e. The van der Waals surface area contributed by atoms with Crippen LogP contribution in [-0.2, 0) is 17.6 Å². The number of guanidine groups is 1. The molecule has 1 aromatic rings. The minimum absolute atomic E-state index is 0.417. The first-order chi connectivity index (χ1) is 11.2. The summed E-state index contributed by atoms with van der Waals surface area (Å²) >= 11 is 1.82. The average Bonchev–Trinajstić information content (AvgIpc) is 2.93. The molecule has 0 unspecified atom stereocenters. The maximum atomic E-state index is 5.71. The van der Waals surface area contributed by atoms with Crippen molar-refractivity contribution in [3.05, 3.63) is 15.6 Å². The van der Waals surface area contributed by atoms with Crippen molar-refractivity contribution in [1.29, 1.82) is 0 Å². The van der Waals surface area contributed by atoms with Gasteiger partial charge >= 0.3 is 0 Å². The Morgan fingerprint density at radius 2 is 2.13 bits per heavy atom. The third kappa shape index (κ3) is 5.18. The first-order valence-corrected chi connectivity index (χ1v) is 9.51. The molecule has 5 nitrogen and oxygen atoms in total. The molecule has 1 aliphatic heterocycles. The van der Waals surface area contributed by atoms with E-state index in [0.717, 1.165) is 57.9 Å². The average molecular weight is 339 g/mol. The van der Waals surface area contributed by atoms with E-state index in [1.807, 2.05) is 18.4 Å². The lowest BCUT2D eigenvalue weighted by Gasteiger charge is -2.34. The molecule has 1 aliphatic rings. The van der Waals surface area contributed by atoms with Crippen molar-refractivity contribution in [3.63, 3.8) is 0 Å². The van der Waals surface area contributed by atoms with Gasteiger partial charge in [-0.1, -0.05) is 6.92 Å². The van der Waals surface area contributed by atoms with Gasteiger partial charge < -0.3 is 15.0 Å². The van der Waals surface area contributed by atoms with E-state index in [4.69, 9.17) is 9.72 Å². The zero-order valence-corrected chi connectivity index (χ0v) is 15.7. The van der Waals surface area contributed by atoms with Crippen LogP contribution < -0.4 is 5.32 Å². The van der Waals surface area contributed by atoms with Crippen molar-refractivity contribution >= 4 is 17.3 Å². The number of aliphatic imine (C=N–C) groups is 1. The number of hydrogen-bond donors (Lipinski definition) is 1. The lowest BCUT2D eigenvalue weighted by atomic mass is 10.1. The second kappa shape index (κ2) is 9.23. The van der Waals surface area contributed by atoms with Crippen molar-refractivity contribution in [2.24, 2.45) is 4.99 Å². The van der Waals surface area contributed by atoms with Gasteiger partial charge in [0.2, 0.25) is 0 Å². The van der Waals surface area contributed by atoms with Crippen LogP contribution in [-0.4, -0.2) is 55.2 Å². The molecule has 6 heteroatoms. The molecular formula is C17H30N4OS. The quantitative estimate of drug-likeness (QED) is 0.640. The number of hydrogen-bond acceptors (Lipinski definition) is 4. The summed E-state index contributed by atoms with van der Waals surface area (Å²) in [4.78, 5) is 12.8. The first-order valence-electron chi connectivity index (χ1n) is 8.70. The molecule has 1 aromatic heterocycles. The van der Waals surface area contributed by atoms with Gasteiger partial charge in [0.05, 0.1) is 16.8 Å². The molecule has 0 saturated carbocycles. The van der Waals surface area contributed by atoms with Crippen molar-refractivity contribution in [2.75, 3.05) is 33.3 Å². The SMILES string of the molecule is CCOC1CCN(C(=NC)NCCc2nc(CC)c(C)s2)CC1. The lowest BCUT2D eigenvalue weighted by Crippen LogP contribution is -2.47. The van der Waals surface area contributed by atoms with Crippen molar-refractivity contribution < 1.29 is 4.74 Å². The summed E-state index contributed by atoms with van der Waals surface area (Å²) < 4.78 is 5.71. The highest BCUT2D eigenvalue weighted by atomic mass is 32.1. The zero-order valence-electron chi connectivity index (χ0n) is 14.9. The van der Waals surface area contributed by atoms with E-state index in [-0.39, 0.29) is 0 Å². The number of likely N-dealkylation sites (tertiary alicyclic amines) is 1. The Morgan fingerprint density at radius 3 is 2.70 bits per heavy atom. The molecule has 1 N–H and O–H groups in total. The summed E-state index contributed by atoms with van der Waals surface area (Å²) in [5, 5.41) is 4.70. The van der Waals surface area contributed by atoms with E-state index in [0.29, 0.717) is 6.10 Å². The van der Waals surface area contributed by atoms with E-state index < -0.39 is 0 Å². The molecule has 23 heavy (non-hydrogen) atoms. The molecule has 0 aromatic carbocycles. The van der Waals surface area contributed by atoms with Crippen LogP contribution in [0.3, 0.4) is 0 Å². The van der Waals surface area contributed by atoms with Crippen LogP contribution in [0.15, 0.2) is 4.99 Å². The molecule has 0 aliphatic carbocycles. The van der Waals surface area contributed by atoms with E-state index in [9.17, 15) is 0 Å². The molecular weight excluding hydrogens is 308 g/mol. The van der Waals surface area contributed by atoms with Gasteiger partial charge in [0.1, 0.15) is 0 Å². The summed E-state index contributed by atoms with van der Waals surface area (Å²) in [6.07, 6.45) is 4.56. The number of piperidine rings is 1. The van der Waals surface area contributed by atoms with Crippen LogP contribution in [0.5, 0.6) is 0 Å². The molecule has 0 bridgehead atoms. The minimum atomic E-state index is 0.417. The Hall–Kier alpha value is -1.14. The Kier molecular flexibility index (Phi) is 7.30. The molecule has 130 valence electrons. The molecule has 0 radical (unpaired) electrons. The maximum Gasteiger partial charge on any atom is 0.193 e. The molecule has 1 fully saturated rings. The highest BCUT2D eigenvalue weighted by molar-refractivity contribution is 7.11. The van der Waals surface area contributed by atoms with Crippen molar-refractivity contribution in [3.8, 4) is 0 Å². The summed E-state index contributed by atoms with van der Waals surface area (Å²) in [6.45, 7) is 10.1. The second-order valence-corrected chi connectivity index (χ2v) is 7.12. The molecule has 2 heterocycles.